The molecule has 0 amide bonds. The monoisotopic (exact) mass is 243 g/mol. The van der Waals surface area contributed by atoms with Crippen LogP contribution in [0, 0.1) is 0 Å². The highest BCUT2D eigenvalue weighted by Gasteiger charge is 2.02. The van der Waals surface area contributed by atoms with Gasteiger partial charge < -0.3 is 10.1 Å². The molecule has 3 heteroatoms. The fourth-order valence-electron chi connectivity index (χ4n) is 1.74. The Morgan fingerprint density at radius 2 is 1.94 bits per heavy atom. The van der Waals surface area contributed by atoms with Crippen molar-refractivity contribution >= 4 is 22.4 Å². The molecule has 0 aliphatic carbocycles. The highest BCUT2D eigenvalue weighted by molar-refractivity contribution is 5.86. The van der Waals surface area contributed by atoms with Crippen LogP contribution in [0.5, 0.6) is 0 Å². The maximum Gasteiger partial charge on any atom is 0.325 e. The summed E-state index contributed by atoms with van der Waals surface area (Å²) in [5.41, 5.74) is 0.933. The molecule has 2 aromatic rings. The summed E-state index contributed by atoms with van der Waals surface area (Å²) in [6, 6.07) is 14.2. The number of fused-ring (bicyclic) bond motifs is 1. The fraction of sp³-hybridized carbons (Fsp3) is 0.267. The molecule has 0 saturated heterocycles. The number of nitrogens with one attached hydrogen (secondary N) is 1. The first-order valence-electron chi connectivity index (χ1n) is 6.18. The number of esters is 1. The zero-order valence-electron chi connectivity index (χ0n) is 10.5. The number of carbonyl (C=O) groups is 1. The zero-order valence-corrected chi connectivity index (χ0v) is 10.5. The van der Waals surface area contributed by atoms with E-state index in [2.05, 4.69) is 17.4 Å². The van der Waals surface area contributed by atoms with Gasteiger partial charge in [0.05, 0.1) is 6.61 Å². The van der Waals surface area contributed by atoms with E-state index in [9.17, 15) is 4.79 Å². The van der Waals surface area contributed by atoms with Gasteiger partial charge in [-0.2, -0.15) is 0 Å². The second-order valence-corrected chi connectivity index (χ2v) is 4.14. The summed E-state index contributed by atoms with van der Waals surface area (Å²) in [7, 11) is 0. The van der Waals surface area contributed by atoms with Gasteiger partial charge in [0, 0.05) is 5.69 Å². The van der Waals surface area contributed by atoms with Crippen LogP contribution in [0.4, 0.5) is 5.69 Å². The summed E-state index contributed by atoms with van der Waals surface area (Å²) in [6.45, 7) is 2.67. The Kier molecular flexibility index (Phi) is 4.18. The van der Waals surface area contributed by atoms with E-state index in [0.29, 0.717) is 6.61 Å². The van der Waals surface area contributed by atoms with Crippen LogP contribution in [0.3, 0.4) is 0 Å². The minimum absolute atomic E-state index is 0.207. The van der Waals surface area contributed by atoms with Crippen LogP contribution in [0.15, 0.2) is 42.5 Å². The molecule has 94 valence electrons. The third-order valence-electron chi connectivity index (χ3n) is 2.65. The number of hydrogen-bond donors (Lipinski definition) is 1. The SMILES string of the molecule is CCCOC(=O)CNc1ccc2ccccc2c1. The zero-order chi connectivity index (χ0) is 12.8. The van der Waals surface area contributed by atoms with Crippen molar-refractivity contribution in [2.75, 3.05) is 18.5 Å². The van der Waals surface area contributed by atoms with Gasteiger partial charge in [0.25, 0.3) is 0 Å². The van der Waals surface area contributed by atoms with E-state index in [1.807, 2.05) is 37.3 Å². The van der Waals surface area contributed by atoms with Gasteiger partial charge in [0.1, 0.15) is 6.54 Å². The molecule has 0 aromatic heterocycles. The summed E-state index contributed by atoms with van der Waals surface area (Å²) in [5, 5.41) is 5.42. The Labute approximate surface area is 107 Å². The van der Waals surface area contributed by atoms with Crippen LogP contribution >= 0.6 is 0 Å². The topological polar surface area (TPSA) is 38.3 Å². The minimum atomic E-state index is -0.218. The Balaban J connectivity index is 1.97. The highest BCUT2D eigenvalue weighted by atomic mass is 16.5. The molecule has 2 aromatic carbocycles. The predicted octanol–water partition coefficient (Wildman–Crippen LogP) is 3.20. The fourth-order valence-corrected chi connectivity index (χ4v) is 1.74. The van der Waals surface area contributed by atoms with E-state index in [0.717, 1.165) is 17.5 Å². The number of rotatable bonds is 5. The van der Waals surface area contributed by atoms with Gasteiger partial charge in [-0.3, -0.25) is 4.79 Å². The molecule has 0 unspecified atom stereocenters. The molecule has 18 heavy (non-hydrogen) atoms. The number of anilines is 1. The molecule has 3 nitrogen and oxygen atoms in total. The van der Waals surface area contributed by atoms with Gasteiger partial charge >= 0.3 is 5.97 Å². The summed E-state index contributed by atoms with van der Waals surface area (Å²) in [4.78, 5) is 11.4. The second-order valence-electron chi connectivity index (χ2n) is 4.14. The Hall–Kier alpha value is -2.03. The normalized spacial score (nSPS) is 10.3. The minimum Gasteiger partial charge on any atom is -0.464 e. The molecule has 2 rings (SSSR count). The smallest absolute Gasteiger partial charge is 0.325 e. The number of hydrogen-bond acceptors (Lipinski definition) is 3. The van der Waals surface area contributed by atoms with E-state index in [4.69, 9.17) is 4.74 Å². The lowest BCUT2D eigenvalue weighted by atomic mass is 10.1. The van der Waals surface area contributed by atoms with Crippen LogP contribution in [-0.4, -0.2) is 19.1 Å². The van der Waals surface area contributed by atoms with Crippen LogP contribution < -0.4 is 5.32 Å². The van der Waals surface area contributed by atoms with E-state index in [1.54, 1.807) is 0 Å². The quantitative estimate of drug-likeness (QED) is 0.819. The predicted molar refractivity (Wildman–Crippen MR) is 73.7 cm³/mol. The van der Waals surface area contributed by atoms with E-state index in [1.165, 1.54) is 5.39 Å². The number of ether oxygens (including phenoxy) is 1. The summed E-state index contributed by atoms with van der Waals surface area (Å²) in [5.74, 6) is -0.218. The van der Waals surface area contributed by atoms with E-state index >= 15 is 0 Å². The van der Waals surface area contributed by atoms with Gasteiger partial charge in [-0.15, -0.1) is 0 Å². The van der Waals surface area contributed by atoms with Crippen molar-refractivity contribution in [3.05, 3.63) is 42.5 Å². The van der Waals surface area contributed by atoms with Gasteiger partial charge in [-0.1, -0.05) is 37.3 Å². The van der Waals surface area contributed by atoms with Crippen molar-refractivity contribution in [3.8, 4) is 0 Å². The van der Waals surface area contributed by atoms with Crippen LogP contribution in [-0.2, 0) is 9.53 Å². The Bertz CT molecular complexity index is 537. The second kappa shape index (κ2) is 6.05. The van der Waals surface area contributed by atoms with Gasteiger partial charge in [0.15, 0.2) is 0 Å². The molecule has 0 radical (unpaired) electrons. The molecule has 0 aliphatic heterocycles. The lowest BCUT2D eigenvalue weighted by molar-refractivity contribution is -0.141. The van der Waals surface area contributed by atoms with Crippen molar-refractivity contribution in [3.63, 3.8) is 0 Å². The molecule has 0 saturated carbocycles. The Morgan fingerprint density at radius 1 is 1.17 bits per heavy atom. The highest BCUT2D eigenvalue weighted by Crippen LogP contribution is 2.18. The standard InChI is InChI=1S/C15H17NO2/c1-2-9-18-15(17)11-16-14-8-7-12-5-3-4-6-13(12)10-14/h3-8,10,16H,2,9,11H2,1H3. The van der Waals surface area contributed by atoms with Crippen molar-refractivity contribution < 1.29 is 9.53 Å². The van der Waals surface area contributed by atoms with E-state index in [-0.39, 0.29) is 12.5 Å². The summed E-state index contributed by atoms with van der Waals surface area (Å²) >= 11 is 0. The summed E-state index contributed by atoms with van der Waals surface area (Å²) in [6.07, 6.45) is 0.849. The molecular formula is C15H17NO2. The molecule has 0 aliphatic rings. The summed E-state index contributed by atoms with van der Waals surface area (Å²) < 4.78 is 5.00. The molecule has 0 spiro atoms. The Morgan fingerprint density at radius 3 is 2.72 bits per heavy atom. The average molecular weight is 243 g/mol. The van der Waals surface area contributed by atoms with E-state index < -0.39 is 0 Å². The average Bonchev–Trinajstić information content (AvgIpc) is 2.42. The molecule has 0 atom stereocenters. The van der Waals surface area contributed by atoms with Crippen LogP contribution in [0.1, 0.15) is 13.3 Å². The molecule has 1 N–H and O–H groups in total. The van der Waals surface area contributed by atoms with Crippen molar-refractivity contribution in [1.82, 2.24) is 0 Å². The molecule has 0 fully saturated rings. The lowest BCUT2D eigenvalue weighted by Crippen LogP contribution is -2.17. The third kappa shape index (κ3) is 3.23. The lowest BCUT2D eigenvalue weighted by Gasteiger charge is -2.07. The van der Waals surface area contributed by atoms with Gasteiger partial charge in [0.2, 0.25) is 0 Å². The first-order chi connectivity index (χ1) is 8.79. The molecule has 0 heterocycles. The van der Waals surface area contributed by atoms with Crippen LogP contribution in [0.25, 0.3) is 10.8 Å². The first-order valence-corrected chi connectivity index (χ1v) is 6.18. The number of benzene rings is 2. The van der Waals surface area contributed by atoms with Gasteiger partial charge in [-0.25, -0.2) is 0 Å². The first kappa shape index (κ1) is 12.4. The molecule has 0 bridgehead atoms. The van der Waals surface area contributed by atoms with Crippen LogP contribution in [0.2, 0.25) is 0 Å². The largest absolute Gasteiger partial charge is 0.464 e. The maximum absolute atomic E-state index is 11.4. The van der Waals surface area contributed by atoms with Crippen molar-refractivity contribution in [2.24, 2.45) is 0 Å². The van der Waals surface area contributed by atoms with Gasteiger partial charge in [-0.05, 0) is 29.3 Å². The third-order valence-corrected chi connectivity index (χ3v) is 2.65. The maximum atomic E-state index is 11.4. The van der Waals surface area contributed by atoms with Crippen molar-refractivity contribution in [2.45, 2.75) is 13.3 Å². The van der Waals surface area contributed by atoms with Crippen molar-refractivity contribution in [1.29, 1.82) is 0 Å². The number of carbonyl (C=O) groups excluding carboxylic acids is 1. The molecular weight excluding hydrogens is 226 g/mol.